The number of aromatic nitrogens is 1. The van der Waals surface area contributed by atoms with E-state index in [1.165, 1.54) is 63.7 Å². The van der Waals surface area contributed by atoms with Crippen molar-refractivity contribution in [2.24, 2.45) is 0 Å². The molecule has 0 fully saturated rings. The van der Waals surface area contributed by atoms with Crippen LogP contribution in [-0.4, -0.2) is 43.6 Å². The van der Waals surface area contributed by atoms with E-state index in [0.717, 1.165) is 13.1 Å². The summed E-state index contributed by atoms with van der Waals surface area (Å²) in [6.45, 7) is 5.66. The van der Waals surface area contributed by atoms with E-state index in [2.05, 4.69) is 47.9 Å². The lowest BCUT2D eigenvalue weighted by Crippen LogP contribution is -2.32. The Balaban J connectivity index is 2.15. The van der Waals surface area contributed by atoms with Gasteiger partial charge in [-0.2, -0.15) is 0 Å². The molecule has 21 heavy (non-hydrogen) atoms. The number of aromatic amines is 1. The molecule has 1 aromatic rings. The highest BCUT2D eigenvalue weighted by Crippen LogP contribution is 2.13. The lowest BCUT2D eigenvalue weighted by Gasteiger charge is -2.25. The zero-order valence-corrected chi connectivity index (χ0v) is 14.4. The predicted octanol–water partition coefficient (Wildman–Crippen LogP) is 4.52. The average Bonchev–Trinajstić information content (AvgIpc) is 2.98. The Morgan fingerprint density at radius 2 is 1.52 bits per heavy atom. The molecule has 0 radical (unpaired) electrons. The third-order valence-electron chi connectivity index (χ3n) is 4.02. The number of unbranched alkanes of at least 4 members (excludes halogenated alkanes) is 7. The van der Waals surface area contributed by atoms with Crippen LogP contribution in [0.25, 0.3) is 0 Å². The van der Waals surface area contributed by atoms with E-state index in [1.807, 2.05) is 6.20 Å². The molecule has 0 amide bonds. The van der Waals surface area contributed by atoms with Crippen LogP contribution in [0.15, 0.2) is 18.3 Å². The van der Waals surface area contributed by atoms with Gasteiger partial charge in [-0.1, -0.05) is 51.9 Å². The molecule has 1 aromatic heterocycles. The van der Waals surface area contributed by atoms with Crippen molar-refractivity contribution in [2.45, 2.75) is 58.3 Å². The summed E-state index contributed by atoms with van der Waals surface area (Å²) in [5, 5.41) is 0. The minimum atomic E-state index is 1.10. The smallest absolute Gasteiger partial charge is 0.105 e. The molecule has 3 heteroatoms. The highest BCUT2D eigenvalue weighted by molar-refractivity contribution is 5.38. The molecule has 0 saturated heterocycles. The summed E-state index contributed by atoms with van der Waals surface area (Å²) in [6, 6.07) is 4.27. The number of hydrogen-bond donors (Lipinski definition) is 1. The molecule has 1 N–H and O–H groups in total. The van der Waals surface area contributed by atoms with Crippen molar-refractivity contribution in [3.8, 4) is 0 Å². The number of H-pyrrole nitrogens is 1. The zero-order chi connectivity index (χ0) is 15.3. The summed E-state index contributed by atoms with van der Waals surface area (Å²) in [5.74, 6) is 1.26. The summed E-state index contributed by atoms with van der Waals surface area (Å²) in [6.07, 6.45) is 13.1. The van der Waals surface area contributed by atoms with Crippen molar-refractivity contribution in [3.63, 3.8) is 0 Å². The number of rotatable bonds is 13. The molecule has 0 spiro atoms. The van der Waals surface area contributed by atoms with Gasteiger partial charge in [-0.3, -0.25) is 0 Å². The molecular formula is C18H35N3. The third kappa shape index (κ3) is 8.82. The van der Waals surface area contributed by atoms with Crippen LogP contribution in [0.1, 0.15) is 58.3 Å². The summed E-state index contributed by atoms with van der Waals surface area (Å²) in [5.41, 5.74) is 0. The second kappa shape index (κ2) is 11.7. The number of nitrogens with one attached hydrogen (secondary N) is 1. The van der Waals surface area contributed by atoms with Gasteiger partial charge in [0.05, 0.1) is 0 Å². The van der Waals surface area contributed by atoms with Gasteiger partial charge in [-0.05, 0) is 32.6 Å². The van der Waals surface area contributed by atoms with E-state index in [0.29, 0.717) is 0 Å². The van der Waals surface area contributed by atoms with E-state index in [-0.39, 0.29) is 0 Å². The Labute approximate surface area is 131 Å². The fourth-order valence-electron chi connectivity index (χ4n) is 2.63. The van der Waals surface area contributed by atoms with Crippen LogP contribution in [0.4, 0.5) is 5.82 Å². The fourth-order valence-corrected chi connectivity index (χ4v) is 2.63. The van der Waals surface area contributed by atoms with Crippen LogP contribution >= 0.6 is 0 Å². The normalized spacial score (nSPS) is 11.2. The Morgan fingerprint density at radius 3 is 2.10 bits per heavy atom. The number of likely N-dealkylation sites (N-methyl/N-ethyl adjacent to an activating group) is 1. The van der Waals surface area contributed by atoms with E-state index in [9.17, 15) is 0 Å². The first-order chi connectivity index (χ1) is 10.2. The van der Waals surface area contributed by atoms with Gasteiger partial charge in [0, 0.05) is 25.8 Å². The summed E-state index contributed by atoms with van der Waals surface area (Å²) < 4.78 is 0. The minimum Gasteiger partial charge on any atom is -0.357 e. The largest absolute Gasteiger partial charge is 0.357 e. The van der Waals surface area contributed by atoms with Crippen LogP contribution in [0.2, 0.25) is 0 Å². The third-order valence-corrected chi connectivity index (χ3v) is 4.02. The van der Waals surface area contributed by atoms with Gasteiger partial charge >= 0.3 is 0 Å². The van der Waals surface area contributed by atoms with Gasteiger partial charge in [0.2, 0.25) is 0 Å². The highest BCUT2D eigenvalue weighted by Gasteiger charge is 2.07. The van der Waals surface area contributed by atoms with E-state index in [4.69, 9.17) is 0 Å². The summed E-state index contributed by atoms with van der Waals surface area (Å²) in [7, 11) is 4.28. The average molecular weight is 293 g/mol. The first kappa shape index (κ1) is 18.1. The Morgan fingerprint density at radius 1 is 0.857 bits per heavy atom. The lowest BCUT2D eigenvalue weighted by atomic mass is 10.1. The van der Waals surface area contributed by atoms with Gasteiger partial charge in [0.15, 0.2) is 0 Å². The van der Waals surface area contributed by atoms with Gasteiger partial charge < -0.3 is 14.8 Å². The Kier molecular flexibility index (Phi) is 10.1. The maximum Gasteiger partial charge on any atom is 0.105 e. The molecule has 0 unspecified atom stereocenters. The fraction of sp³-hybridized carbons (Fsp3) is 0.778. The van der Waals surface area contributed by atoms with Gasteiger partial charge in [0.1, 0.15) is 5.82 Å². The SMILES string of the molecule is CCCCCCCCCCN(CCN(C)C)c1ccc[nH]1. The van der Waals surface area contributed by atoms with Crippen LogP contribution in [0.5, 0.6) is 0 Å². The van der Waals surface area contributed by atoms with Gasteiger partial charge in [-0.15, -0.1) is 0 Å². The van der Waals surface area contributed by atoms with Crippen molar-refractivity contribution in [1.29, 1.82) is 0 Å². The molecule has 1 rings (SSSR count). The quantitative estimate of drug-likeness (QED) is 0.540. The molecule has 3 nitrogen and oxygen atoms in total. The predicted molar refractivity (Wildman–Crippen MR) is 94.2 cm³/mol. The van der Waals surface area contributed by atoms with E-state index in [1.54, 1.807) is 0 Å². The molecule has 0 aliphatic heterocycles. The first-order valence-electron chi connectivity index (χ1n) is 8.77. The van der Waals surface area contributed by atoms with Crippen LogP contribution in [-0.2, 0) is 0 Å². The molecule has 122 valence electrons. The number of anilines is 1. The number of hydrogen-bond acceptors (Lipinski definition) is 2. The minimum absolute atomic E-state index is 1.10. The van der Waals surface area contributed by atoms with Gasteiger partial charge in [0.25, 0.3) is 0 Å². The molecule has 0 atom stereocenters. The van der Waals surface area contributed by atoms with Gasteiger partial charge in [-0.25, -0.2) is 0 Å². The van der Waals surface area contributed by atoms with Crippen molar-refractivity contribution >= 4 is 5.82 Å². The van der Waals surface area contributed by atoms with Crippen molar-refractivity contribution in [3.05, 3.63) is 18.3 Å². The topological polar surface area (TPSA) is 22.3 Å². The second-order valence-electron chi connectivity index (χ2n) is 6.32. The molecule has 1 heterocycles. The molecule has 0 aliphatic carbocycles. The molecule has 0 bridgehead atoms. The summed E-state index contributed by atoms with van der Waals surface area (Å²) in [4.78, 5) is 8.08. The lowest BCUT2D eigenvalue weighted by molar-refractivity contribution is 0.411. The highest BCUT2D eigenvalue weighted by atomic mass is 15.2. The van der Waals surface area contributed by atoms with E-state index >= 15 is 0 Å². The maximum absolute atomic E-state index is 3.34. The molecule has 0 saturated carbocycles. The first-order valence-corrected chi connectivity index (χ1v) is 8.77. The van der Waals surface area contributed by atoms with Crippen molar-refractivity contribution in [2.75, 3.05) is 38.6 Å². The summed E-state index contributed by atoms with van der Waals surface area (Å²) >= 11 is 0. The second-order valence-corrected chi connectivity index (χ2v) is 6.32. The zero-order valence-electron chi connectivity index (χ0n) is 14.4. The van der Waals surface area contributed by atoms with Crippen LogP contribution in [0.3, 0.4) is 0 Å². The molecule has 0 aliphatic rings. The van der Waals surface area contributed by atoms with E-state index < -0.39 is 0 Å². The maximum atomic E-state index is 3.34. The van der Waals surface area contributed by atoms with Crippen LogP contribution < -0.4 is 4.90 Å². The number of nitrogens with zero attached hydrogens (tertiary/aromatic N) is 2. The molecule has 0 aromatic carbocycles. The Hall–Kier alpha value is -0.960. The monoisotopic (exact) mass is 293 g/mol. The molecular weight excluding hydrogens is 258 g/mol. The van der Waals surface area contributed by atoms with Crippen molar-refractivity contribution in [1.82, 2.24) is 9.88 Å². The van der Waals surface area contributed by atoms with Crippen molar-refractivity contribution < 1.29 is 0 Å². The Bertz CT molecular complexity index is 319. The van der Waals surface area contributed by atoms with Crippen LogP contribution in [0, 0.1) is 0 Å². The standard InChI is InChI=1S/C18H35N3/c1-4-5-6-7-8-9-10-11-15-21(17-16-20(2)3)18-13-12-14-19-18/h12-14,19H,4-11,15-17H2,1-3H3.